The molecule has 0 aliphatic heterocycles. The van der Waals surface area contributed by atoms with Gasteiger partial charge in [0.25, 0.3) is 0 Å². The van der Waals surface area contributed by atoms with Gasteiger partial charge >= 0.3 is 0 Å². The molecule has 0 atom stereocenters. The normalized spacial score (nSPS) is 24.8. The molecule has 1 fully saturated rings. The fraction of sp³-hybridized carbons (Fsp3) is 0.933. The third-order valence-electron chi connectivity index (χ3n) is 3.76. The Morgan fingerprint density at radius 3 is 2.29 bits per heavy atom. The molecule has 0 aromatic heterocycles. The van der Waals surface area contributed by atoms with Gasteiger partial charge in [-0.25, -0.2) is 0 Å². The maximum atomic E-state index is 10.6. The standard InChI is InChI=1S/C15H28O2/c1-2-3-4-5-6-7-12-17-15-10-8-14(13-16)9-11-15/h13-15H,2-12H2,1H3. The minimum atomic E-state index is 0.309. The molecule has 0 aromatic rings. The van der Waals surface area contributed by atoms with E-state index in [1.165, 1.54) is 38.5 Å². The number of rotatable bonds is 9. The first-order valence-corrected chi connectivity index (χ1v) is 7.43. The van der Waals surface area contributed by atoms with Crippen LogP contribution in [-0.4, -0.2) is 19.0 Å². The van der Waals surface area contributed by atoms with Crippen molar-refractivity contribution in [3.8, 4) is 0 Å². The minimum Gasteiger partial charge on any atom is -0.378 e. The molecule has 100 valence electrons. The van der Waals surface area contributed by atoms with Crippen molar-refractivity contribution < 1.29 is 9.53 Å². The van der Waals surface area contributed by atoms with Crippen LogP contribution in [0.3, 0.4) is 0 Å². The number of aldehydes is 1. The lowest BCUT2D eigenvalue weighted by Crippen LogP contribution is -2.22. The highest BCUT2D eigenvalue weighted by atomic mass is 16.5. The second-order valence-corrected chi connectivity index (χ2v) is 5.31. The summed E-state index contributed by atoms with van der Waals surface area (Å²) < 4.78 is 5.87. The van der Waals surface area contributed by atoms with Gasteiger partial charge in [0.05, 0.1) is 6.10 Å². The van der Waals surface area contributed by atoms with E-state index in [1.807, 2.05) is 0 Å². The molecule has 2 nitrogen and oxygen atoms in total. The van der Waals surface area contributed by atoms with Crippen LogP contribution in [0.4, 0.5) is 0 Å². The van der Waals surface area contributed by atoms with E-state index in [9.17, 15) is 4.79 Å². The van der Waals surface area contributed by atoms with Crippen LogP contribution in [-0.2, 0) is 9.53 Å². The Labute approximate surface area is 106 Å². The SMILES string of the molecule is CCCCCCCCOC1CCC(C=O)CC1. The predicted molar refractivity (Wildman–Crippen MR) is 71.1 cm³/mol. The van der Waals surface area contributed by atoms with Crippen LogP contribution in [0.25, 0.3) is 0 Å². The molecule has 0 radical (unpaired) electrons. The summed E-state index contributed by atoms with van der Waals surface area (Å²) in [5.74, 6) is 0.309. The van der Waals surface area contributed by atoms with Gasteiger partial charge in [0.1, 0.15) is 6.29 Å². The molecule has 0 spiro atoms. The summed E-state index contributed by atoms with van der Waals surface area (Å²) in [7, 11) is 0. The van der Waals surface area contributed by atoms with Crippen molar-refractivity contribution in [3.63, 3.8) is 0 Å². The molecule has 0 saturated heterocycles. The van der Waals surface area contributed by atoms with E-state index < -0.39 is 0 Å². The lowest BCUT2D eigenvalue weighted by molar-refractivity contribution is -0.112. The quantitative estimate of drug-likeness (QED) is 0.447. The monoisotopic (exact) mass is 240 g/mol. The number of carbonyl (C=O) groups is 1. The van der Waals surface area contributed by atoms with Gasteiger partial charge in [-0.3, -0.25) is 0 Å². The van der Waals surface area contributed by atoms with E-state index in [2.05, 4.69) is 6.92 Å². The Kier molecular flexibility index (Phi) is 8.33. The smallest absolute Gasteiger partial charge is 0.123 e. The van der Waals surface area contributed by atoms with Crippen molar-refractivity contribution in [3.05, 3.63) is 0 Å². The average molecular weight is 240 g/mol. The van der Waals surface area contributed by atoms with Gasteiger partial charge in [-0.1, -0.05) is 39.0 Å². The Hall–Kier alpha value is -0.370. The van der Waals surface area contributed by atoms with E-state index in [0.29, 0.717) is 12.0 Å². The minimum absolute atomic E-state index is 0.309. The fourth-order valence-corrected chi connectivity index (χ4v) is 2.52. The lowest BCUT2D eigenvalue weighted by atomic mass is 9.88. The van der Waals surface area contributed by atoms with Gasteiger partial charge in [-0.15, -0.1) is 0 Å². The largest absolute Gasteiger partial charge is 0.378 e. The Morgan fingerprint density at radius 2 is 1.65 bits per heavy atom. The van der Waals surface area contributed by atoms with E-state index in [-0.39, 0.29) is 0 Å². The molecule has 1 saturated carbocycles. The topological polar surface area (TPSA) is 26.3 Å². The third kappa shape index (κ3) is 6.82. The van der Waals surface area contributed by atoms with Crippen molar-refractivity contribution in [1.82, 2.24) is 0 Å². The zero-order valence-electron chi connectivity index (χ0n) is 11.3. The molecule has 1 aliphatic rings. The molecular formula is C15H28O2. The maximum absolute atomic E-state index is 10.6. The van der Waals surface area contributed by atoms with Crippen LogP contribution in [0, 0.1) is 5.92 Å². The van der Waals surface area contributed by atoms with Gasteiger partial charge in [-0.2, -0.15) is 0 Å². The van der Waals surface area contributed by atoms with E-state index in [4.69, 9.17) is 4.74 Å². The Balaban J connectivity index is 1.88. The van der Waals surface area contributed by atoms with Crippen LogP contribution < -0.4 is 0 Å². The van der Waals surface area contributed by atoms with Crippen molar-refractivity contribution >= 4 is 6.29 Å². The highest BCUT2D eigenvalue weighted by molar-refractivity contribution is 5.53. The summed E-state index contributed by atoms with van der Waals surface area (Å²) >= 11 is 0. The third-order valence-corrected chi connectivity index (χ3v) is 3.76. The van der Waals surface area contributed by atoms with E-state index in [1.54, 1.807) is 0 Å². The molecule has 0 bridgehead atoms. The summed E-state index contributed by atoms with van der Waals surface area (Å²) in [5, 5.41) is 0. The molecule has 0 N–H and O–H groups in total. The number of hydrogen-bond donors (Lipinski definition) is 0. The zero-order valence-corrected chi connectivity index (χ0v) is 11.3. The lowest BCUT2D eigenvalue weighted by Gasteiger charge is -2.25. The van der Waals surface area contributed by atoms with Crippen molar-refractivity contribution in [2.45, 2.75) is 77.2 Å². The Bertz CT molecular complexity index is 183. The van der Waals surface area contributed by atoms with Crippen molar-refractivity contribution in [2.75, 3.05) is 6.61 Å². The number of ether oxygens (including phenoxy) is 1. The predicted octanol–water partition coefficient (Wildman–Crippen LogP) is 4.12. The van der Waals surface area contributed by atoms with Crippen LogP contribution in [0.2, 0.25) is 0 Å². The van der Waals surface area contributed by atoms with Crippen LogP contribution in [0.1, 0.15) is 71.1 Å². The molecular weight excluding hydrogens is 212 g/mol. The molecule has 0 aromatic carbocycles. The van der Waals surface area contributed by atoms with Crippen molar-refractivity contribution in [2.24, 2.45) is 5.92 Å². The van der Waals surface area contributed by atoms with Crippen LogP contribution >= 0.6 is 0 Å². The summed E-state index contributed by atoms with van der Waals surface area (Å²) in [6.45, 7) is 3.17. The zero-order chi connectivity index (χ0) is 12.3. The summed E-state index contributed by atoms with van der Waals surface area (Å²) in [4.78, 5) is 10.6. The average Bonchev–Trinajstić information content (AvgIpc) is 2.38. The first-order chi connectivity index (χ1) is 8.36. The van der Waals surface area contributed by atoms with Crippen LogP contribution in [0.5, 0.6) is 0 Å². The molecule has 17 heavy (non-hydrogen) atoms. The van der Waals surface area contributed by atoms with Gasteiger partial charge in [-0.05, 0) is 32.1 Å². The van der Waals surface area contributed by atoms with Gasteiger partial charge in [0.2, 0.25) is 0 Å². The first-order valence-electron chi connectivity index (χ1n) is 7.43. The fourth-order valence-electron chi connectivity index (χ4n) is 2.52. The summed E-state index contributed by atoms with van der Waals surface area (Å²) in [5.41, 5.74) is 0. The second-order valence-electron chi connectivity index (χ2n) is 5.31. The van der Waals surface area contributed by atoms with E-state index in [0.717, 1.165) is 38.6 Å². The molecule has 0 heterocycles. The number of carbonyl (C=O) groups excluding carboxylic acids is 1. The number of hydrogen-bond acceptors (Lipinski definition) is 2. The van der Waals surface area contributed by atoms with Gasteiger partial charge in [0, 0.05) is 12.5 Å². The van der Waals surface area contributed by atoms with Crippen LogP contribution in [0.15, 0.2) is 0 Å². The first kappa shape index (κ1) is 14.7. The number of unbranched alkanes of at least 4 members (excludes halogenated alkanes) is 5. The molecule has 0 unspecified atom stereocenters. The van der Waals surface area contributed by atoms with Gasteiger partial charge < -0.3 is 9.53 Å². The van der Waals surface area contributed by atoms with Crippen molar-refractivity contribution in [1.29, 1.82) is 0 Å². The summed E-state index contributed by atoms with van der Waals surface area (Å²) in [6.07, 6.45) is 13.7. The summed E-state index contributed by atoms with van der Waals surface area (Å²) in [6, 6.07) is 0. The van der Waals surface area contributed by atoms with E-state index >= 15 is 0 Å². The molecule has 1 rings (SSSR count). The van der Waals surface area contributed by atoms with Gasteiger partial charge in [0.15, 0.2) is 0 Å². The highest BCUT2D eigenvalue weighted by Gasteiger charge is 2.20. The molecule has 1 aliphatic carbocycles. The highest BCUT2D eigenvalue weighted by Crippen LogP contribution is 2.24. The molecule has 2 heteroatoms. The maximum Gasteiger partial charge on any atom is 0.123 e. The second kappa shape index (κ2) is 9.64. The molecule has 0 amide bonds. The Morgan fingerprint density at radius 1 is 1.00 bits per heavy atom.